The smallest absolute Gasteiger partial charge is 0.210 e. The number of aromatic nitrogens is 1. The molecule has 0 unspecified atom stereocenters. The van der Waals surface area contributed by atoms with Crippen LogP contribution in [0.25, 0.3) is 10.9 Å². The van der Waals surface area contributed by atoms with Gasteiger partial charge in [-0.2, -0.15) is 0 Å². The molecule has 35 heavy (non-hydrogen) atoms. The lowest BCUT2D eigenvalue weighted by molar-refractivity contribution is 0.282. The van der Waals surface area contributed by atoms with Crippen LogP contribution < -0.4 is 9.80 Å². The Labute approximate surface area is 206 Å². The van der Waals surface area contributed by atoms with E-state index in [1.165, 1.54) is 6.20 Å². The van der Waals surface area contributed by atoms with Crippen molar-refractivity contribution < 1.29 is 13.5 Å². The van der Waals surface area contributed by atoms with E-state index >= 15 is 0 Å². The first kappa shape index (κ1) is 23.3. The lowest BCUT2D eigenvalue weighted by Crippen LogP contribution is -2.47. The fraction of sp³-hybridized carbons (Fsp3) is 0.250. The minimum absolute atomic E-state index is 0.118. The van der Waals surface area contributed by atoms with E-state index in [1.807, 2.05) is 55.5 Å². The summed E-state index contributed by atoms with van der Waals surface area (Å²) < 4.78 is 27.7. The zero-order valence-corrected chi connectivity index (χ0v) is 20.6. The minimum atomic E-state index is -3.80. The van der Waals surface area contributed by atoms with Gasteiger partial charge in [0, 0.05) is 43.4 Å². The highest BCUT2D eigenvalue weighted by Crippen LogP contribution is 2.37. The fourth-order valence-corrected chi connectivity index (χ4v) is 6.12. The standard InChI is InChI=1S/C28H29N3O3S/c1-2-21-8-11-24(12-9-21)35(33,34)27-19-29-26-13-10-22(20-32)18-25(26)28(27)31-16-14-30(15-17-31)23-6-4-3-5-7-23/h3-13,18-19,32H,2,14-17,20H2,1H3. The molecule has 1 aliphatic heterocycles. The molecule has 0 radical (unpaired) electrons. The number of hydrogen-bond acceptors (Lipinski definition) is 6. The molecule has 1 fully saturated rings. The summed E-state index contributed by atoms with van der Waals surface area (Å²) in [5, 5.41) is 10.5. The molecule has 0 bridgehead atoms. The zero-order valence-electron chi connectivity index (χ0n) is 19.8. The zero-order chi connectivity index (χ0) is 24.4. The summed E-state index contributed by atoms with van der Waals surface area (Å²) in [6.45, 7) is 4.83. The maximum atomic E-state index is 13.9. The Balaban J connectivity index is 1.60. The summed E-state index contributed by atoms with van der Waals surface area (Å²) in [7, 11) is -3.80. The number of fused-ring (bicyclic) bond motifs is 1. The normalized spacial score (nSPS) is 14.5. The van der Waals surface area contributed by atoms with E-state index in [0.29, 0.717) is 24.3 Å². The number of para-hydroxylation sites is 1. The van der Waals surface area contributed by atoms with Gasteiger partial charge in [-0.25, -0.2) is 8.42 Å². The van der Waals surface area contributed by atoms with Gasteiger partial charge in [0.05, 0.1) is 22.7 Å². The third-order valence-corrected chi connectivity index (χ3v) is 8.47. The number of benzene rings is 3. The largest absolute Gasteiger partial charge is 0.392 e. The Bertz CT molecular complexity index is 1430. The molecule has 1 N–H and O–H groups in total. The number of aliphatic hydroxyl groups excluding tert-OH is 1. The van der Waals surface area contributed by atoms with Gasteiger partial charge in [0.2, 0.25) is 9.84 Å². The lowest BCUT2D eigenvalue weighted by atomic mass is 10.1. The highest BCUT2D eigenvalue weighted by molar-refractivity contribution is 7.91. The number of aryl methyl sites for hydroxylation is 1. The second-order valence-corrected chi connectivity index (χ2v) is 10.7. The molecule has 3 aromatic carbocycles. The van der Waals surface area contributed by atoms with Crippen molar-refractivity contribution in [2.24, 2.45) is 0 Å². The number of rotatable bonds is 6. The molecule has 1 saturated heterocycles. The summed E-state index contributed by atoms with van der Waals surface area (Å²) in [6.07, 6.45) is 2.33. The highest BCUT2D eigenvalue weighted by atomic mass is 32.2. The Hall–Kier alpha value is -3.42. The van der Waals surface area contributed by atoms with E-state index in [-0.39, 0.29) is 16.4 Å². The molecule has 6 nitrogen and oxygen atoms in total. The van der Waals surface area contributed by atoms with Gasteiger partial charge in [0.15, 0.2) is 0 Å². The van der Waals surface area contributed by atoms with Gasteiger partial charge in [-0.15, -0.1) is 0 Å². The number of pyridine rings is 1. The molecule has 5 rings (SSSR count). The van der Waals surface area contributed by atoms with Crippen LogP contribution in [-0.2, 0) is 22.9 Å². The summed E-state index contributed by atoms with van der Waals surface area (Å²) in [5.41, 5.74) is 4.36. The lowest BCUT2D eigenvalue weighted by Gasteiger charge is -2.38. The number of sulfone groups is 1. The van der Waals surface area contributed by atoms with Crippen molar-refractivity contribution in [2.75, 3.05) is 36.0 Å². The Morgan fingerprint density at radius 2 is 1.51 bits per heavy atom. The van der Waals surface area contributed by atoms with Crippen LogP contribution >= 0.6 is 0 Å². The summed E-state index contributed by atoms with van der Waals surface area (Å²) >= 11 is 0. The molecule has 4 aromatic rings. The molecular weight excluding hydrogens is 458 g/mol. The van der Waals surface area contributed by atoms with Gasteiger partial charge >= 0.3 is 0 Å². The Morgan fingerprint density at radius 3 is 2.17 bits per heavy atom. The van der Waals surface area contributed by atoms with E-state index in [4.69, 9.17) is 0 Å². The third kappa shape index (κ3) is 4.49. The van der Waals surface area contributed by atoms with Crippen LogP contribution in [0.15, 0.2) is 88.8 Å². The van der Waals surface area contributed by atoms with Gasteiger partial charge in [-0.3, -0.25) is 4.98 Å². The number of piperazine rings is 1. The van der Waals surface area contributed by atoms with Crippen LogP contribution in [0.1, 0.15) is 18.1 Å². The van der Waals surface area contributed by atoms with Crippen LogP contribution in [0.2, 0.25) is 0 Å². The van der Waals surface area contributed by atoms with E-state index in [9.17, 15) is 13.5 Å². The molecule has 2 heterocycles. The Morgan fingerprint density at radius 1 is 0.857 bits per heavy atom. The van der Waals surface area contributed by atoms with Crippen molar-refractivity contribution in [3.05, 3.63) is 90.1 Å². The van der Waals surface area contributed by atoms with E-state index in [2.05, 4.69) is 26.9 Å². The van der Waals surface area contributed by atoms with Crippen LogP contribution in [0.3, 0.4) is 0 Å². The quantitative estimate of drug-likeness (QED) is 0.433. The average Bonchev–Trinajstić information content (AvgIpc) is 2.92. The highest BCUT2D eigenvalue weighted by Gasteiger charge is 2.29. The van der Waals surface area contributed by atoms with Crippen LogP contribution in [0.4, 0.5) is 11.4 Å². The van der Waals surface area contributed by atoms with Gasteiger partial charge in [0.1, 0.15) is 4.90 Å². The van der Waals surface area contributed by atoms with Crippen molar-refractivity contribution in [1.29, 1.82) is 0 Å². The van der Waals surface area contributed by atoms with Gasteiger partial charge in [-0.1, -0.05) is 43.3 Å². The summed E-state index contributed by atoms with van der Waals surface area (Å²) in [5.74, 6) is 0. The van der Waals surface area contributed by atoms with E-state index < -0.39 is 9.84 Å². The molecule has 7 heteroatoms. The van der Waals surface area contributed by atoms with Crippen molar-refractivity contribution in [2.45, 2.75) is 29.7 Å². The number of hydrogen-bond donors (Lipinski definition) is 1. The minimum Gasteiger partial charge on any atom is -0.392 e. The molecule has 1 aromatic heterocycles. The van der Waals surface area contributed by atoms with E-state index in [0.717, 1.165) is 41.7 Å². The van der Waals surface area contributed by atoms with Crippen molar-refractivity contribution in [3.8, 4) is 0 Å². The molecular formula is C28H29N3O3S. The van der Waals surface area contributed by atoms with Crippen molar-refractivity contribution in [1.82, 2.24) is 4.98 Å². The topological polar surface area (TPSA) is 73.7 Å². The van der Waals surface area contributed by atoms with Crippen molar-refractivity contribution in [3.63, 3.8) is 0 Å². The molecule has 0 amide bonds. The van der Waals surface area contributed by atoms with Crippen LogP contribution in [-0.4, -0.2) is 44.7 Å². The molecule has 0 spiro atoms. The first-order valence-electron chi connectivity index (χ1n) is 11.9. The fourth-order valence-electron chi connectivity index (χ4n) is 4.69. The molecule has 180 valence electrons. The van der Waals surface area contributed by atoms with Crippen molar-refractivity contribution >= 4 is 32.1 Å². The average molecular weight is 488 g/mol. The molecule has 1 aliphatic rings. The Kier molecular flexibility index (Phi) is 6.45. The van der Waals surface area contributed by atoms with Gasteiger partial charge in [0.25, 0.3) is 0 Å². The first-order valence-corrected chi connectivity index (χ1v) is 13.4. The van der Waals surface area contributed by atoms with Gasteiger partial charge < -0.3 is 14.9 Å². The monoisotopic (exact) mass is 487 g/mol. The first-order chi connectivity index (χ1) is 17.0. The number of anilines is 2. The van der Waals surface area contributed by atoms with Crippen LogP contribution in [0.5, 0.6) is 0 Å². The molecule has 0 atom stereocenters. The second-order valence-electron chi connectivity index (χ2n) is 8.79. The second kappa shape index (κ2) is 9.68. The summed E-state index contributed by atoms with van der Waals surface area (Å²) in [6, 6.07) is 22.9. The number of nitrogens with zero attached hydrogens (tertiary/aromatic N) is 3. The maximum absolute atomic E-state index is 13.9. The number of aliphatic hydroxyl groups is 1. The molecule has 0 aliphatic carbocycles. The predicted octanol–water partition coefficient (Wildman–Crippen LogP) is 4.45. The van der Waals surface area contributed by atoms with Gasteiger partial charge in [-0.05, 0) is 53.9 Å². The maximum Gasteiger partial charge on any atom is 0.210 e. The molecule has 0 saturated carbocycles. The summed E-state index contributed by atoms with van der Waals surface area (Å²) in [4.78, 5) is 9.44. The van der Waals surface area contributed by atoms with E-state index in [1.54, 1.807) is 12.1 Å². The van der Waals surface area contributed by atoms with Crippen LogP contribution in [0, 0.1) is 0 Å². The third-order valence-electron chi connectivity index (χ3n) is 6.70. The predicted molar refractivity (Wildman–Crippen MR) is 140 cm³/mol. The SMILES string of the molecule is CCc1ccc(S(=O)(=O)c2cnc3ccc(CO)cc3c2N2CCN(c3ccccc3)CC2)cc1.